The largest absolute Gasteiger partial charge is 0.312 e. The Morgan fingerprint density at radius 3 is 2.87 bits per heavy atom. The van der Waals surface area contributed by atoms with Crippen molar-refractivity contribution in [2.45, 2.75) is 38.6 Å². The summed E-state index contributed by atoms with van der Waals surface area (Å²) < 4.78 is 0. The minimum absolute atomic E-state index is 0.912. The van der Waals surface area contributed by atoms with Gasteiger partial charge in [-0.3, -0.25) is 4.98 Å². The zero-order chi connectivity index (χ0) is 10.3. The minimum atomic E-state index is 0.912. The van der Waals surface area contributed by atoms with Crippen molar-refractivity contribution in [1.29, 1.82) is 0 Å². The van der Waals surface area contributed by atoms with Crippen LogP contribution in [0.1, 0.15) is 37.7 Å². The zero-order valence-electron chi connectivity index (χ0n) is 9.28. The van der Waals surface area contributed by atoms with E-state index in [0.29, 0.717) is 0 Å². The van der Waals surface area contributed by atoms with E-state index < -0.39 is 0 Å². The minimum Gasteiger partial charge on any atom is -0.312 e. The molecule has 82 valence electrons. The lowest BCUT2D eigenvalue weighted by molar-refractivity contribution is 0.342. The van der Waals surface area contributed by atoms with Crippen LogP contribution >= 0.6 is 0 Å². The summed E-state index contributed by atoms with van der Waals surface area (Å²) >= 11 is 0. The predicted octanol–water partition coefficient (Wildman–Crippen LogP) is 2.75. The molecule has 2 rings (SSSR count). The van der Waals surface area contributed by atoms with Crippen molar-refractivity contribution in [3.8, 4) is 0 Å². The van der Waals surface area contributed by atoms with Crippen LogP contribution in [0.25, 0.3) is 0 Å². The van der Waals surface area contributed by atoms with Gasteiger partial charge in [-0.1, -0.05) is 25.3 Å². The summed E-state index contributed by atoms with van der Waals surface area (Å²) in [5, 5.41) is 3.53. The molecule has 0 saturated heterocycles. The molecule has 1 aromatic rings. The number of nitrogens with one attached hydrogen (secondary N) is 1. The topological polar surface area (TPSA) is 24.9 Å². The number of hydrogen-bond donors (Lipinski definition) is 1. The van der Waals surface area contributed by atoms with Gasteiger partial charge in [-0.15, -0.1) is 0 Å². The van der Waals surface area contributed by atoms with E-state index in [1.807, 2.05) is 18.5 Å². The van der Waals surface area contributed by atoms with Crippen LogP contribution in [0.5, 0.6) is 0 Å². The van der Waals surface area contributed by atoms with Crippen LogP contribution in [0, 0.1) is 5.92 Å². The van der Waals surface area contributed by atoms with E-state index >= 15 is 0 Å². The molecule has 1 heterocycles. The highest BCUT2D eigenvalue weighted by Gasteiger charge is 2.12. The van der Waals surface area contributed by atoms with Gasteiger partial charge in [0.15, 0.2) is 0 Å². The highest BCUT2D eigenvalue weighted by molar-refractivity contribution is 5.07. The Hall–Kier alpha value is -0.890. The molecular formula is C13H20N2. The fourth-order valence-corrected chi connectivity index (χ4v) is 2.31. The maximum Gasteiger partial charge on any atom is 0.0312 e. The fourth-order valence-electron chi connectivity index (χ4n) is 2.31. The van der Waals surface area contributed by atoms with Crippen LogP contribution in [0.4, 0.5) is 0 Å². The second-order valence-corrected chi connectivity index (χ2v) is 4.50. The smallest absolute Gasteiger partial charge is 0.0312 e. The zero-order valence-corrected chi connectivity index (χ0v) is 9.28. The normalized spacial score (nSPS) is 17.9. The van der Waals surface area contributed by atoms with Crippen molar-refractivity contribution < 1.29 is 0 Å². The molecule has 0 unspecified atom stereocenters. The summed E-state index contributed by atoms with van der Waals surface area (Å²) in [7, 11) is 0. The lowest BCUT2D eigenvalue weighted by Crippen LogP contribution is -2.24. The lowest BCUT2D eigenvalue weighted by atomic mass is 9.89. The van der Waals surface area contributed by atoms with Crippen LogP contribution < -0.4 is 5.32 Å². The van der Waals surface area contributed by atoms with Crippen molar-refractivity contribution in [1.82, 2.24) is 10.3 Å². The molecule has 0 spiro atoms. The molecule has 1 aliphatic carbocycles. The molecule has 0 amide bonds. The summed E-state index contributed by atoms with van der Waals surface area (Å²) in [6.07, 6.45) is 10.9. The van der Waals surface area contributed by atoms with E-state index in [-0.39, 0.29) is 0 Å². The third kappa shape index (κ3) is 3.63. The molecular weight excluding hydrogens is 184 g/mol. The molecule has 1 saturated carbocycles. The van der Waals surface area contributed by atoms with Crippen molar-refractivity contribution in [3.63, 3.8) is 0 Å². The summed E-state index contributed by atoms with van der Waals surface area (Å²) in [6, 6.07) is 4.12. The van der Waals surface area contributed by atoms with Gasteiger partial charge in [0.25, 0.3) is 0 Å². The SMILES string of the molecule is c1cncc(CNCC2CCCCC2)c1. The first kappa shape index (κ1) is 10.6. The van der Waals surface area contributed by atoms with E-state index in [4.69, 9.17) is 0 Å². The molecule has 0 radical (unpaired) electrons. The third-order valence-corrected chi connectivity index (χ3v) is 3.21. The van der Waals surface area contributed by atoms with Crippen molar-refractivity contribution >= 4 is 0 Å². The number of nitrogens with zero attached hydrogens (tertiary/aromatic N) is 1. The Kier molecular flexibility index (Phi) is 4.15. The van der Waals surface area contributed by atoms with Gasteiger partial charge < -0.3 is 5.32 Å². The summed E-state index contributed by atoms with van der Waals surface area (Å²) in [6.45, 7) is 2.14. The van der Waals surface area contributed by atoms with Gasteiger partial charge in [0.05, 0.1) is 0 Å². The molecule has 1 N–H and O–H groups in total. The average molecular weight is 204 g/mol. The quantitative estimate of drug-likeness (QED) is 0.815. The van der Waals surface area contributed by atoms with Crippen molar-refractivity contribution in [2.24, 2.45) is 5.92 Å². The summed E-state index contributed by atoms with van der Waals surface area (Å²) in [5.41, 5.74) is 1.29. The maximum absolute atomic E-state index is 4.11. The van der Waals surface area contributed by atoms with Gasteiger partial charge in [-0.05, 0) is 36.9 Å². The molecule has 2 heteroatoms. The Labute approximate surface area is 92.1 Å². The van der Waals surface area contributed by atoms with Crippen LogP contribution in [0.3, 0.4) is 0 Å². The molecule has 2 nitrogen and oxygen atoms in total. The second-order valence-electron chi connectivity index (χ2n) is 4.50. The highest BCUT2D eigenvalue weighted by atomic mass is 14.9. The van der Waals surface area contributed by atoms with Gasteiger partial charge >= 0.3 is 0 Å². The van der Waals surface area contributed by atoms with Crippen LogP contribution in [-0.4, -0.2) is 11.5 Å². The molecule has 0 aliphatic heterocycles. The molecule has 1 fully saturated rings. The molecule has 1 aromatic heterocycles. The molecule has 1 aliphatic rings. The van der Waals surface area contributed by atoms with Crippen molar-refractivity contribution in [2.75, 3.05) is 6.54 Å². The van der Waals surface area contributed by atoms with E-state index in [2.05, 4.69) is 16.4 Å². The first-order chi connectivity index (χ1) is 7.45. The first-order valence-corrected chi connectivity index (χ1v) is 6.05. The lowest BCUT2D eigenvalue weighted by Gasteiger charge is -2.21. The maximum atomic E-state index is 4.11. The van der Waals surface area contributed by atoms with Crippen LogP contribution in [-0.2, 0) is 6.54 Å². The number of hydrogen-bond acceptors (Lipinski definition) is 2. The number of aromatic nitrogens is 1. The fraction of sp³-hybridized carbons (Fsp3) is 0.615. The molecule has 0 bridgehead atoms. The summed E-state index contributed by atoms with van der Waals surface area (Å²) in [5.74, 6) is 0.912. The first-order valence-electron chi connectivity index (χ1n) is 6.05. The van der Waals surface area contributed by atoms with Gasteiger partial charge in [0.1, 0.15) is 0 Å². The molecule has 0 atom stereocenters. The Morgan fingerprint density at radius 2 is 2.13 bits per heavy atom. The number of rotatable bonds is 4. The van der Waals surface area contributed by atoms with Crippen LogP contribution in [0.15, 0.2) is 24.5 Å². The Balaban J connectivity index is 1.66. The summed E-state index contributed by atoms with van der Waals surface area (Å²) in [4.78, 5) is 4.11. The van der Waals surface area contributed by atoms with Crippen LogP contribution in [0.2, 0.25) is 0 Å². The predicted molar refractivity (Wildman–Crippen MR) is 62.5 cm³/mol. The van der Waals surface area contributed by atoms with E-state index in [1.165, 1.54) is 44.2 Å². The molecule has 0 aromatic carbocycles. The Bertz CT molecular complexity index is 265. The average Bonchev–Trinajstić information content (AvgIpc) is 2.32. The van der Waals surface area contributed by atoms with E-state index in [1.54, 1.807) is 0 Å². The van der Waals surface area contributed by atoms with E-state index in [0.717, 1.165) is 12.5 Å². The second kappa shape index (κ2) is 5.86. The third-order valence-electron chi connectivity index (χ3n) is 3.21. The van der Waals surface area contributed by atoms with Gasteiger partial charge in [0.2, 0.25) is 0 Å². The van der Waals surface area contributed by atoms with Crippen molar-refractivity contribution in [3.05, 3.63) is 30.1 Å². The highest BCUT2D eigenvalue weighted by Crippen LogP contribution is 2.22. The Morgan fingerprint density at radius 1 is 1.27 bits per heavy atom. The monoisotopic (exact) mass is 204 g/mol. The molecule has 15 heavy (non-hydrogen) atoms. The van der Waals surface area contributed by atoms with Gasteiger partial charge in [-0.25, -0.2) is 0 Å². The standard InChI is InChI=1S/C13H20N2/c1-2-5-12(6-3-1)9-15-11-13-7-4-8-14-10-13/h4,7-8,10,12,15H,1-3,5-6,9,11H2. The van der Waals surface area contributed by atoms with E-state index in [9.17, 15) is 0 Å². The number of pyridine rings is 1. The van der Waals surface area contributed by atoms with Gasteiger partial charge in [-0.2, -0.15) is 0 Å². The van der Waals surface area contributed by atoms with Gasteiger partial charge in [0, 0.05) is 18.9 Å².